The van der Waals surface area contributed by atoms with Gasteiger partial charge in [-0.1, -0.05) is 0 Å². The van der Waals surface area contributed by atoms with E-state index in [2.05, 4.69) is 5.10 Å². The Morgan fingerprint density at radius 1 is 1.58 bits per heavy atom. The fourth-order valence-electron chi connectivity index (χ4n) is 2.58. The standard InChI is InChI=1S/C13H22N4O2/c1-11-6-14-17(7-11)8-12(18)16-5-4-13(19,10-16)9-15(2)3/h6-7,19H,4-5,8-10H2,1-3H3/t13-/m1/s1. The van der Waals surface area contributed by atoms with Gasteiger partial charge in [-0.3, -0.25) is 9.48 Å². The summed E-state index contributed by atoms with van der Waals surface area (Å²) >= 11 is 0. The molecular weight excluding hydrogens is 244 g/mol. The Morgan fingerprint density at radius 3 is 2.89 bits per heavy atom. The first-order valence-corrected chi connectivity index (χ1v) is 6.52. The average molecular weight is 266 g/mol. The number of aromatic nitrogens is 2. The first-order valence-electron chi connectivity index (χ1n) is 6.52. The van der Waals surface area contributed by atoms with Crippen LogP contribution in [-0.4, -0.2) is 69.9 Å². The zero-order chi connectivity index (χ0) is 14.0. The summed E-state index contributed by atoms with van der Waals surface area (Å²) in [7, 11) is 3.85. The lowest BCUT2D eigenvalue weighted by Gasteiger charge is -2.26. The maximum absolute atomic E-state index is 12.1. The van der Waals surface area contributed by atoms with Crippen molar-refractivity contribution in [2.75, 3.05) is 33.7 Å². The number of aryl methyl sites for hydroxylation is 1. The van der Waals surface area contributed by atoms with Gasteiger partial charge in [-0.2, -0.15) is 5.10 Å². The van der Waals surface area contributed by atoms with Crippen molar-refractivity contribution in [3.8, 4) is 0 Å². The molecule has 0 aliphatic carbocycles. The molecule has 19 heavy (non-hydrogen) atoms. The van der Waals surface area contributed by atoms with E-state index < -0.39 is 5.60 Å². The van der Waals surface area contributed by atoms with E-state index in [-0.39, 0.29) is 12.5 Å². The Bertz CT molecular complexity index is 457. The van der Waals surface area contributed by atoms with E-state index in [9.17, 15) is 9.90 Å². The van der Waals surface area contributed by atoms with E-state index >= 15 is 0 Å². The van der Waals surface area contributed by atoms with Crippen molar-refractivity contribution in [2.24, 2.45) is 0 Å². The second-order valence-electron chi connectivity index (χ2n) is 5.74. The van der Waals surface area contributed by atoms with E-state index in [1.807, 2.05) is 32.1 Å². The average Bonchev–Trinajstić information content (AvgIpc) is 2.84. The van der Waals surface area contributed by atoms with Crippen molar-refractivity contribution in [1.29, 1.82) is 0 Å². The molecule has 1 fully saturated rings. The number of likely N-dealkylation sites (N-methyl/N-ethyl adjacent to an activating group) is 1. The van der Waals surface area contributed by atoms with Crippen LogP contribution in [0.2, 0.25) is 0 Å². The van der Waals surface area contributed by atoms with Crippen molar-refractivity contribution in [3.05, 3.63) is 18.0 Å². The molecule has 1 aliphatic heterocycles. The van der Waals surface area contributed by atoms with Gasteiger partial charge in [-0.05, 0) is 33.0 Å². The monoisotopic (exact) mass is 266 g/mol. The second-order valence-corrected chi connectivity index (χ2v) is 5.74. The maximum Gasteiger partial charge on any atom is 0.244 e. The Labute approximate surface area is 113 Å². The van der Waals surface area contributed by atoms with E-state index in [0.717, 1.165) is 5.56 Å². The lowest BCUT2D eigenvalue weighted by Crippen LogP contribution is -2.44. The summed E-state index contributed by atoms with van der Waals surface area (Å²) in [6.07, 6.45) is 4.22. The normalized spacial score (nSPS) is 23.3. The number of carbonyl (C=O) groups excluding carboxylic acids is 1. The molecule has 6 nitrogen and oxygen atoms in total. The molecule has 1 N–H and O–H groups in total. The third-order valence-electron chi connectivity index (χ3n) is 3.36. The summed E-state index contributed by atoms with van der Waals surface area (Å²) in [5.74, 6) is 0.0118. The first-order chi connectivity index (χ1) is 8.88. The lowest BCUT2D eigenvalue weighted by molar-refractivity contribution is -0.132. The number of rotatable bonds is 4. The van der Waals surface area contributed by atoms with Gasteiger partial charge in [0.1, 0.15) is 6.54 Å². The Balaban J connectivity index is 1.91. The number of hydrogen-bond acceptors (Lipinski definition) is 4. The van der Waals surface area contributed by atoms with E-state index in [1.54, 1.807) is 15.8 Å². The molecule has 0 unspecified atom stereocenters. The predicted octanol–water partition coefficient (Wildman–Crippen LogP) is -0.283. The topological polar surface area (TPSA) is 61.6 Å². The summed E-state index contributed by atoms with van der Waals surface area (Å²) in [6, 6.07) is 0. The molecule has 0 radical (unpaired) electrons. The minimum atomic E-state index is -0.779. The molecule has 2 heterocycles. The zero-order valence-corrected chi connectivity index (χ0v) is 11.8. The van der Waals surface area contributed by atoms with Crippen LogP contribution >= 0.6 is 0 Å². The fraction of sp³-hybridized carbons (Fsp3) is 0.692. The van der Waals surface area contributed by atoms with Crippen LogP contribution in [0.25, 0.3) is 0 Å². The van der Waals surface area contributed by atoms with Gasteiger partial charge in [0, 0.05) is 19.3 Å². The van der Waals surface area contributed by atoms with E-state index in [0.29, 0.717) is 26.1 Å². The van der Waals surface area contributed by atoms with Gasteiger partial charge < -0.3 is 14.9 Å². The number of carbonyl (C=O) groups is 1. The molecule has 1 saturated heterocycles. The highest BCUT2D eigenvalue weighted by Gasteiger charge is 2.38. The van der Waals surface area contributed by atoms with Crippen LogP contribution in [0.3, 0.4) is 0 Å². The van der Waals surface area contributed by atoms with Gasteiger partial charge in [-0.15, -0.1) is 0 Å². The first kappa shape index (κ1) is 14.0. The number of nitrogens with zero attached hydrogens (tertiary/aromatic N) is 4. The maximum atomic E-state index is 12.1. The third-order valence-corrected chi connectivity index (χ3v) is 3.36. The number of β-amino-alcohol motifs (C(OH)–C–C–N with tert-alkyl or cyclic N) is 1. The van der Waals surface area contributed by atoms with E-state index in [4.69, 9.17) is 0 Å². The quantitative estimate of drug-likeness (QED) is 0.814. The molecule has 0 spiro atoms. The fourth-order valence-corrected chi connectivity index (χ4v) is 2.58. The molecule has 6 heteroatoms. The van der Waals surface area contributed by atoms with Crippen molar-refractivity contribution in [1.82, 2.24) is 19.6 Å². The summed E-state index contributed by atoms with van der Waals surface area (Å²) < 4.78 is 1.64. The van der Waals surface area contributed by atoms with Gasteiger partial charge >= 0.3 is 0 Å². The molecule has 0 aromatic carbocycles. The molecule has 0 bridgehead atoms. The Morgan fingerprint density at radius 2 is 2.32 bits per heavy atom. The Hall–Kier alpha value is -1.40. The SMILES string of the molecule is Cc1cnn(CC(=O)N2CC[C@@](O)(CN(C)C)C2)c1. The van der Waals surface area contributed by atoms with Crippen molar-refractivity contribution in [2.45, 2.75) is 25.5 Å². The zero-order valence-electron chi connectivity index (χ0n) is 11.8. The highest BCUT2D eigenvalue weighted by atomic mass is 16.3. The summed E-state index contributed by atoms with van der Waals surface area (Å²) in [6.45, 7) is 3.79. The van der Waals surface area contributed by atoms with Crippen LogP contribution in [0.5, 0.6) is 0 Å². The number of amides is 1. The second kappa shape index (κ2) is 5.30. The molecule has 0 saturated carbocycles. The molecule has 2 rings (SSSR count). The molecule has 1 aliphatic rings. The van der Waals surface area contributed by atoms with Gasteiger partial charge in [0.25, 0.3) is 0 Å². The van der Waals surface area contributed by atoms with Gasteiger partial charge in [0.15, 0.2) is 0 Å². The van der Waals surface area contributed by atoms with Crippen LogP contribution < -0.4 is 0 Å². The van der Waals surface area contributed by atoms with Crippen LogP contribution in [0.15, 0.2) is 12.4 Å². The molecule has 1 atom stereocenters. The summed E-state index contributed by atoms with van der Waals surface area (Å²) in [5.41, 5.74) is 0.262. The molecule has 1 amide bonds. The molecule has 106 valence electrons. The Kier molecular flexibility index (Phi) is 3.91. The van der Waals surface area contributed by atoms with Crippen LogP contribution in [0.4, 0.5) is 0 Å². The largest absolute Gasteiger partial charge is 0.387 e. The number of likely N-dealkylation sites (tertiary alicyclic amines) is 1. The minimum absolute atomic E-state index is 0.0118. The molecule has 1 aromatic rings. The summed E-state index contributed by atoms with van der Waals surface area (Å²) in [4.78, 5) is 15.8. The van der Waals surface area contributed by atoms with Crippen LogP contribution in [0, 0.1) is 6.92 Å². The predicted molar refractivity (Wildman–Crippen MR) is 71.7 cm³/mol. The molecular formula is C13H22N4O2. The van der Waals surface area contributed by atoms with Gasteiger partial charge in [0.2, 0.25) is 5.91 Å². The van der Waals surface area contributed by atoms with Crippen molar-refractivity contribution < 1.29 is 9.90 Å². The number of hydrogen-bond donors (Lipinski definition) is 1. The van der Waals surface area contributed by atoms with Gasteiger partial charge in [-0.25, -0.2) is 0 Å². The third kappa shape index (κ3) is 3.54. The van der Waals surface area contributed by atoms with E-state index in [1.165, 1.54) is 0 Å². The highest BCUT2D eigenvalue weighted by molar-refractivity contribution is 5.76. The van der Waals surface area contributed by atoms with Crippen LogP contribution in [0.1, 0.15) is 12.0 Å². The molecule has 1 aromatic heterocycles. The number of aliphatic hydroxyl groups is 1. The van der Waals surface area contributed by atoms with Gasteiger partial charge in [0.05, 0.1) is 18.3 Å². The summed E-state index contributed by atoms with van der Waals surface area (Å²) in [5, 5.41) is 14.5. The van der Waals surface area contributed by atoms with Crippen LogP contribution in [-0.2, 0) is 11.3 Å². The smallest absolute Gasteiger partial charge is 0.244 e. The lowest BCUT2D eigenvalue weighted by atomic mass is 10.0. The highest BCUT2D eigenvalue weighted by Crippen LogP contribution is 2.22. The van der Waals surface area contributed by atoms with Crippen molar-refractivity contribution in [3.63, 3.8) is 0 Å². The minimum Gasteiger partial charge on any atom is -0.387 e. The van der Waals surface area contributed by atoms with Crippen molar-refractivity contribution >= 4 is 5.91 Å².